The first-order valence-corrected chi connectivity index (χ1v) is 7.21. The summed E-state index contributed by atoms with van der Waals surface area (Å²) < 4.78 is 0. The molecular formula is C14H26N4. The van der Waals surface area contributed by atoms with Crippen LogP contribution >= 0.6 is 0 Å². The monoisotopic (exact) mass is 250 g/mol. The van der Waals surface area contributed by atoms with E-state index >= 15 is 0 Å². The fourth-order valence-corrected chi connectivity index (χ4v) is 2.68. The predicted octanol–water partition coefficient (Wildman–Crippen LogP) is 2.07. The number of aryl methyl sites for hydroxylation is 1. The number of rotatable bonds is 6. The normalized spacial score (nSPS) is 21.3. The van der Waals surface area contributed by atoms with Gasteiger partial charge < -0.3 is 15.2 Å². The number of nitrogens with one attached hydrogen (secondary N) is 2. The second-order valence-corrected chi connectivity index (χ2v) is 5.40. The van der Waals surface area contributed by atoms with E-state index in [0.29, 0.717) is 0 Å². The lowest BCUT2D eigenvalue weighted by Crippen LogP contribution is -2.38. The van der Waals surface area contributed by atoms with E-state index < -0.39 is 0 Å². The molecule has 1 unspecified atom stereocenters. The van der Waals surface area contributed by atoms with Gasteiger partial charge in [-0.1, -0.05) is 6.42 Å². The van der Waals surface area contributed by atoms with Crippen LogP contribution in [0.5, 0.6) is 0 Å². The van der Waals surface area contributed by atoms with Crippen LogP contribution in [-0.4, -0.2) is 40.5 Å². The van der Waals surface area contributed by atoms with Crippen molar-refractivity contribution in [1.29, 1.82) is 0 Å². The van der Waals surface area contributed by atoms with Gasteiger partial charge in [0.2, 0.25) is 0 Å². The Morgan fingerprint density at radius 3 is 3.11 bits per heavy atom. The minimum atomic E-state index is 0.786. The highest BCUT2D eigenvalue weighted by Gasteiger charge is 2.16. The van der Waals surface area contributed by atoms with E-state index in [9.17, 15) is 0 Å². The van der Waals surface area contributed by atoms with E-state index in [1.807, 2.05) is 13.1 Å². The van der Waals surface area contributed by atoms with E-state index in [1.54, 1.807) is 0 Å². The molecule has 0 saturated carbocycles. The van der Waals surface area contributed by atoms with E-state index in [2.05, 4.69) is 27.1 Å². The lowest BCUT2D eigenvalue weighted by molar-refractivity contribution is 0.159. The molecule has 1 aliphatic heterocycles. The fraction of sp³-hybridized carbons (Fsp3) is 0.786. The van der Waals surface area contributed by atoms with Crippen molar-refractivity contribution in [2.75, 3.05) is 19.6 Å². The lowest BCUT2D eigenvalue weighted by Gasteiger charge is -2.33. The summed E-state index contributed by atoms with van der Waals surface area (Å²) in [6.07, 6.45) is 7.31. The standard InChI is InChI=1S/C14H26N4/c1-12-6-3-4-8-18(12)9-5-7-15-10-14-11-16-13(2)17-14/h11-12,15H,3-10H2,1-2H3,(H,16,17). The number of piperidine rings is 1. The molecule has 1 atom stereocenters. The van der Waals surface area contributed by atoms with Crippen LogP contribution in [0.2, 0.25) is 0 Å². The summed E-state index contributed by atoms with van der Waals surface area (Å²) in [6.45, 7) is 8.86. The number of imidazole rings is 1. The maximum absolute atomic E-state index is 4.20. The average molecular weight is 250 g/mol. The summed E-state index contributed by atoms with van der Waals surface area (Å²) in [7, 11) is 0. The minimum absolute atomic E-state index is 0.786. The molecule has 2 N–H and O–H groups in total. The van der Waals surface area contributed by atoms with Crippen LogP contribution in [0.25, 0.3) is 0 Å². The lowest BCUT2D eigenvalue weighted by atomic mass is 10.0. The zero-order chi connectivity index (χ0) is 12.8. The zero-order valence-corrected chi connectivity index (χ0v) is 11.7. The second kappa shape index (κ2) is 6.90. The Morgan fingerprint density at radius 2 is 2.39 bits per heavy atom. The number of likely N-dealkylation sites (tertiary alicyclic amines) is 1. The van der Waals surface area contributed by atoms with Crippen molar-refractivity contribution in [2.45, 2.75) is 52.1 Å². The quantitative estimate of drug-likeness (QED) is 0.760. The first-order valence-electron chi connectivity index (χ1n) is 7.21. The smallest absolute Gasteiger partial charge is 0.103 e. The molecule has 0 bridgehead atoms. The van der Waals surface area contributed by atoms with Gasteiger partial charge in [0.1, 0.15) is 5.82 Å². The van der Waals surface area contributed by atoms with Crippen LogP contribution in [0.15, 0.2) is 6.20 Å². The third-order valence-electron chi connectivity index (χ3n) is 3.81. The molecule has 0 spiro atoms. The highest BCUT2D eigenvalue weighted by Crippen LogP contribution is 2.15. The van der Waals surface area contributed by atoms with Gasteiger partial charge in [-0.3, -0.25) is 0 Å². The Hall–Kier alpha value is -0.870. The number of hydrogen-bond donors (Lipinski definition) is 2. The van der Waals surface area contributed by atoms with Gasteiger partial charge >= 0.3 is 0 Å². The summed E-state index contributed by atoms with van der Waals surface area (Å²) in [5.74, 6) is 0.994. The maximum atomic E-state index is 4.20. The van der Waals surface area contributed by atoms with Crippen molar-refractivity contribution in [2.24, 2.45) is 0 Å². The first kappa shape index (κ1) is 13.6. The Kier molecular flexibility index (Phi) is 5.20. The first-order chi connectivity index (χ1) is 8.75. The summed E-state index contributed by atoms with van der Waals surface area (Å²) >= 11 is 0. The highest BCUT2D eigenvalue weighted by molar-refractivity contribution is 4.99. The SMILES string of the molecule is Cc1ncc(CNCCCN2CCCCC2C)[nH]1. The molecule has 4 nitrogen and oxygen atoms in total. The van der Waals surface area contributed by atoms with E-state index in [4.69, 9.17) is 0 Å². The van der Waals surface area contributed by atoms with Crippen molar-refractivity contribution < 1.29 is 0 Å². The molecule has 102 valence electrons. The van der Waals surface area contributed by atoms with Crippen LogP contribution in [-0.2, 0) is 6.54 Å². The van der Waals surface area contributed by atoms with Gasteiger partial charge in [-0.2, -0.15) is 0 Å². The molecule has 18 heavy (non-hydrogen) atoms. The number of aromatic nitrogens is 2. The van der Waals surface area contributed by atoms with Gasteiger partial charge in [-0.25, -0.2) is 4.98 Å². The van der Waals surface area contributed by atoms with Crippen molar-refractivity contribution in [1.82, 2.24) is 20.2 Å². The van der Waals surface area contributed by atoms with Gasteiger partial charge in [0.05, 0.1) is 0 Å². The van der Waals surface area contributed by atoms with Crippen LogP contribution in [0.3, 0.4) is 0 Å². The Morgan fingerprint density at radius 1 is 1.50 bits per heavy atom. The summed E-state index contributed by atoms with van der Waals surface area (Å²) in [6, 6.07) is 0.786. The molecule has 1 aliphatic rings. The molecule has 0 aliphatic carbocycles. The van der Waals surface area contributed by atoms with Crippen LogP contribution in [0.1, 0.15) is 44.1 Å². The minimum Gasteiger partial charge on any atom is -0.345 e. The number of hydrogen-bond acceptors (Lipinski definition) is 3. The Balaban J connectivity index is 1.55. The van der Waals surface area contributed by atoms with E-state index in [0.717, 1.165) is 25.0 Å². The molecule has 4 heteroatoms. The van der Waals surface area contributed by atoms with Crippen LogP contribution in [0.4, 0.5) is 0 Å². The van der Waals surface area contributed by atoms with Gasteiger partial charge in [0, 0.05) is 24.5 Å². The molecule has 1 saturated heterocycles. The predicted molar refractivity (Wildman–Crippen MR) is 74.5 cm³/mol. The van der Waals surface area contributed by atoms with Crippen LogP contribution in [0, 0.1) is 6.92 Å². The number of aromatic amines is 1. The van der Waals surface area contributed by atoms with Gasteiger partial charge in [-0.05, 0) is 52.7 Å². The molecule has 0 aromatic carbocycles. The van der Waals surface area contributed by atoms with E-state index in [-0.39, 0.29) is 0 Å². The summed E-state index contributed by atoms with van der Waals surface area (Å²) in [5.41, 5.74) is 1.18. The Labute approximate surface area is 110 Å². The van der Waals surface area contributed by atoms with Crippen molar-refractivity contribution >= 4 is 0 Å². The molecule has 1 aromatic rings. The topological polar surface area (TPSA) is 44.0 Å². The molecule has 0 radical (unpaired) electrons. The van der Waals surface area contributed by atoms with Gasteiger partial charge in [0.25, 0.3) is 0 Å². The number of H-pyrrole nitrogens is 1. The average Bonchev–Trinajstić information content (AvgIpc) is 2.77. The highest BCUT2D eigenvalue weighted by atomic mass is 15.2. The maximum Gasteiger partial charge on any atom is 0.103 e. The molecule has 1 aromatic heterocycles. The fourth-order valence-electron chi connectivity index (χ4n) is 2.68. The second-order valence-electron chi connectivity index (χ2n) is 5.40. The third-order valence-corrected chi connectivity index (χ3v) is 3.81. The molecule has 1 fully saturated rings. The summed E-state index contributed by atoms with van der Waals surface area (Å²) in [5, 5.41) is 3.47. The Bertz CT molecular complexity index is 347. The third kappa shape index (κ3) is 4.10. The molecule has 0 amide bonds. The molecule has 2 rings (SSSR count). The molecular weight excluding hydrogens is 224 g/mol. The van der Waals surface area contributed by atoms with Crippen LogP contribution < -0.4 is 5.32 Å². The van der Waals surface area contributed by atoms with E-state index in [1.165, 1.54) is 44.5 Å². The molecule has 2 heterocycles. The number of nitrogens with zero attached hydrogens (tertiary/aromatic N) is 2. The zero-order valence-electron chi connectivity index (χ0n) is 11.7. The van der Waals surface area contributed by atoms with Gasteiger partial charge in [0.15, 0.2) is 0 Å². The summed E-state index contributed by atoms with van der Waals surface area (Å²) in [4.78, 5) is 10.1. The van der Waals surface area contributed by atoms with Crippen molar-refractivity contribution in [3.8, 4) is 0 Å². The largest absolute Gasteiger partial charge is 0.345 e. The van der Waals surface area contributed by atoms with Crippen molar-refractivity contribution in [3.05, 3.63) is 17.7 Å². The van der Waals surface area contributed by atoms with Crippen molar-refractivity contribution in [3.63, 3.8) is 0 Å². The van der Waals surface area contributed by atoms with Gasteiger partial charge in [-0.15, -0.1) is 0 Å².